The summed E-state index contributed by atoms with van der Waals surface area (Å²) in [6, 6.07) is 7.41. The summed E-state index contributed by atoms with van der Waals surface area (Å²) in [5.41, 5.74) is 7.30. The summed E-state index contributed by atoms with van der Waals surface area (Å²) in [6.07, 6.45) is 2.10. The number of hydrogen-bond donors (Lipinski definition) is 2. The molecule has 1 aromatic heterocycles. The zero-order valence-electron chi connectivity index (χ0n) is 10.1. The number of anilines is 1. The molecule has 5 heteroatoms. The number of carbonyl (C=O) groups is 1. The number of nitrogens with zero attached hydrogens (tertiary/aromatic N) is 1. The normalized spacial score (nSPS) is 10.3. The number of rotatable bonds is 4. The molecule has 0 bridgehead atoms. The Morgan fingerprint density at radius 2 is 2.22 bits per heavy atom. The van der Waals surface area contributed by atoms with Crippen molar-refractivity contribution in [2.45, 2.75) is 19.9 Å². The molecule has 0 saturated carbocycles. The Morgan fingerprint density at radius 1 is 1.44 bits per heavy atom. The maximum Gasteiger partial charge on any atom is 0.224 e. The van der Waals surface area contributed by atoms with Crippen molar-refractivity contribution in [1.82, 2.24) is 10.3 Å². The molecule has 0 aliphatic carbocycles. The molecular formula is C13H15N3OS. The minimum atomic E-state index is -0.0287. The SMILES string of the molecule is Cc1ncc(CNC(=O)Cc2ccccc2N)s1. The number of nitrogens with one attached hydrogen (secondary N) is 1. The molecule has 1 aromatic carbocycles. The number of nitrogens with two attached hydrogens (primary N) is 1. The number of amides is 1. The Labute approximate surface area is 110 Å². The minimum absolute atomic E-state index is 0.0287. The highest BCUT2D eigenvalue weighted by Crippen LogP contribution is 2.12. The molecule has 3 N–H and O–H groups in total. The third-order valence-corrected chi connectivity index (χ3v) is 3.45. The second-order valence-electron chi connectivity index (χ2n) is 4.00. The van der Waals surface area contributed by atoms with Crippen LogP contribution in [0.25, 0.3) is 0 Å². The maximum atomic E-state index is 11.8. The van der Waals surface area contributed by atoms with Gasteiger partial charge in [0.1, 0.15) is 0 Å². The molecule has 18 heavy (non-hydrogen) atoms. The Balaban J connectivity index is 1.88. The average Bonchev–Trinajstić information content (AvgIpc) is 2.76. The van der Waals surface area contributed by atoms with Crippen LogP contribution in [0.5, 0.6) is 0 Å². The van der Waals surface area contributed by atoms with Crippen LogP contribution in [-0.2, 0) is 17.8 Å². The minimum Gasteiger partial charge on any atom is -0.398 e. The van der Waals surface area contributed by atoms with E-state index in [0.29, 0.717) is 18.7 Å². The summed E-state index contributed by atoms with van der Waals surface area (Å²) in [5.74, 6) is -0.0287. The summed E-state index contributed by atoms with van der Waals surface area (Å²) in [4.78, 5) is 17.0. The van der Waals surface area contributed by atoms with Crippen molar-refractivity contribution in [2.75, 3.05) is 5.73 Å². The lowest BCUT2D eigenvalue weighted by atomic mass is 10.1. The number of hydrogen-bond acceptors (Lipinski definition) is 4. The molecule has 0 spiro atoms. The van der Waals surface area contributed by atoms with E-state index in [1.807, 2.05) is 25.1 Å². The van der Waals surface area contributed by atoms with E-state index in [-0.39, 0.29) is 5.91 Å². The smallest absolute Gasteiger partial charge is 0.224 e. The Kier molecular flexibility index (Phi) is 3.94. The lowest BCUT2D eigenvalue weighted by Gasteiger charge is -2.05. The monoisotopic (exact) mass is 261 g/mol. The molecule has 0 unspecified atom stereocenters. The topological polar surface area (TPSA) is 68.0 Å². The molecule has 2 rings (SSSR count). The van der Waals surface area contributed by atoms with Gasteiger partial charge in [-0.15, -0.1) is 11.3 Å². The predicted molar refractivity (Wildman–Crippen MR) is 73.3 cm³/mol. The van der Waals surface area contributed by atoms with E-state index in [9.17, 15) is 4.79 Å². The maximum absolute atomic E-state index is 11.8. The van der Waals surface area contributed by atoms with E-state index in [1.54, 1.807) is 23.6 Å². The van der Waals surface area contributed by atoms with Crippen molar-refractivity contribution in [1.29, 1.82) is 0 Å². The first kappa shape index (κ1) is 12.6. The standard InChI is InChI=1S/C13H15N3OS/c1-9-15-7-11(18-9)8-16-13(17)6-10-4-2-3-5-12(10)14/h2-5,7H,6,8,14H2,1H3,(H,16,17). The van der Waals surface area contributed by atoms with Crippen LogP contribution in [0.1, 0.15) is 15.4 Å². The molecule has 0 aliphatic rings. The Bertz CT molecular complexity index is 551. The van der Waals surface area contributed by atoms with Gasteiger partial charge in [0.2, 0.25) is 5.91 Å². The first-order valence-electron chi connectivity index (χ1n) is 5.66. The van der Waals surface area contributed by atoms with Crippen LogP contribution < -0.4 is 11.1 Å². The van der Waals surface area contributed by atoms with E-state index >= 15 is 0 Å². The molecule has 0 aliphatic heterocycles. The van der Waals surface area contributed by atoms with E-state index in [0.717, 1.165) is 15.4 Å². The quantitative estimate of drug-likeness (QED) is 0.826. The van der Waals surface area contributed by atoms with Crippen molar-refractivity contribution in [3.63, 3.8) is 0 Å². The molecule has 0 atom stereocenters. The molecule has 4 nitrogen and oxygen atoms in total. The third kappa shape index (κ3) is 3.30. The van der Waals surface area contributed by atoms with E-state index in [4.69, 9.17) is 5.73 Å². The second-order valence-corrected chi connectivity index (χ2v) is 5.32. The van der Waals surface area contributed by atoms with Crippen molar-refractivity contribution in [2.24, 2.45) is 0 Å². The van der Waals surface area contributed by atoms with Crippen LogP contribution in [0.3, 0.4) is 0 Å². The van der Waals surface area contributed by atoms with Crippen molar-refractivity contribution in [3.8, 4) is 0 Å². The van der Waals surface area contributed by atoms with Crippen LogP contribution in [0, 0.1) is 6.92 Å². The van der Waals surface area contributed by atoms with Gasteiger partial charge in [-0.05, 0) is 18.6 Å². The second kappa shape index (κ2) is 5.64. The fraction of sp³-hybridized carbons (Fsp3) is 0.231. The lowest BCUT2D eigenvalue weighted by Crippen LogP contribution is -2.24. The fourth-order valence-corrected chi connectivity index (χ4v) is 2.34. The van der Waals surface area contributed by atoms with Gasteiger partial charge < -0.3 is 11.1 Å². The molecule has 94 valence electrons. The molecule has 0 fully saturated rings. The molecule has 0 radical (unpaired) electrons. The van der Waals surface area contributed by atoms with Gasteiger partial charge in [-0.3, -0.25) is 4.79 Å². The highest BCUT2D eigenvalue weighted by molar-refractivity contribution is 7.11. The summed E-state index contributed by atoms with van der Waals surface area (Å²) in [5, 5.41) is 3.87. The van der Waals surface area contributed by atoms with E-state index in [1.165, 1.54) is 0 Å². The van der Waals surface area contributed by atoms with Gasteiger partial charge in [-0.2, -0.15) is 0 Å². The number of aromatic nitrogens is 1. The molecular weight excluding hydrogens is 246 g/mol. The molecule has 0 saturated heterocycles. The van der Waals surface area contributed by atoms with E-state index in [2.05, 4.69) is 10.3 Å². The molecule has 1 amide bonds. The highest BCUT2D eigenvalue weighted by Gasteiger charge is 2.06. The predicted octanol–water partition coefficient (Wildman–Crippen LogP) is 1.89. The number of para-hydroxylation sites is 1. The van der Waals surface area contributed by atoms with Crippen LogP contribution in [0.15, 0.2) is 30.5 Å². The van der Waals surface area contributed by atoms with Crippen molar-refractivity contribution >= 4 is 22.9 Å². The van der Waals surface area contributed by atoms with Crippen LogP contribution in [0.4, 0.5) is 5.69 Å². The highest BCUT2D eigenvalue weighted by atomic mass is 32.1. The first-order chi connectivity index (χ1) is 8.65. The Hall–Kier alpha value is -1.88. The summed E-state index contributed by atoms with van der Waals surface area (Å²) < 4.78 is 0. The number of aryl methyl sites for hydroxylation is 1. The van der Waals surface area contributed by atoms with Crippen molar-refractivity contribution < 1.29 is 4.79 Å². The van der Waals surface area contributed by atoms with Gasteiger partial charge in [0.25, 0.3) is 0 Å². The zero-order chi connectivity index (χ0) is 13.0. The summed E-state index contributed by atoms with van der Waals surface area (Å²) in [7, 11) is 0. The number of benzene rings is 1. The first-order valence-corrected chi connectivity index (χ1v) is 6.48. The summed E-state index contributed by atoms with van der Waals surface area (Å²) in [6.45, 7) is 2.47. The van der Waals surface area contributed by atoms with Crippen LogP contribution in [-0.4, -0.2) is 10.9 Å². The van der Waals surface area contributed by atoms with Crippen LogP contribution in [0.2, 0.25) is 0 Å². The Morgan fingerprint density at radius 3 is 2.89 bits per heavy atom. The van der Waals surface area contributed by atoms with Gasteiger partial charge in [-0.25, -0.2) is 4.98 Å². The van der Waals surface area contributed by atoms with Gasteiger partial charge in [0.15, 0.2) is 0 Å². The number of nitrogen functional groups attached to an aromatic ring is 1. The van der Waals surface area contributed by atoms with Crippen LogP contribution >= 0.6 is 11.3 Å². The van der Waals surface area contributed by atoms with Gasteiger partial charge >= 0.3 is 0 Å². The van der Waals surface area contributed by atoms with Gasteiger partial charge in [-0.1, -0.05) is 18.2 Å². The molecule has 1 heterocycles. The largest absolute Gasteiger partial charge is 0.398 e. The third-order valence-electron chi connectivity index (χ3n) is 2.54. The number of carbonyl (C=O) groups excluding carboxylic acids is 1. The van der Waals surface area contributed by atoms with E-state index < -0.39 is 0 Å². The molecule has 2 aromatic rings. The number of thiazole rings is 1. The fourth-order valence-electron chi connectivity index (χ4n) is 1.60. The average molecular weight is 261 g/mol. The lowest BCUT2D eigenvalue weighted by molar-refractivity contribution is -0.120. The summed E-state index contributed by atoms with van der Waals surface area (Å²) >= 11 is 1.59. The van der Waals surface area contributed by atoms with Crippen molar-refractivity contribution in [3.05, 3.63) is 45.9 Å². The zero-order valence-corrected chi connectivity index (χ0v) is 11.0. The van der Waals surface area contributed by atoms with Gasteiger partial charge in [0.05, 0.1) is 18.0 Å². The van der Waals surface area contributed by atoms with Gasteiger partial charge in [0, 0.05) is 16.8 Å².